The molecule has 72 valence electrons. The molecule has 0 radical (unpaired) electrons. The molecular weight excluding hydrogens is 158 g/mol. The van der Waals surface area contributed by atoms with Crippen molar-refractivity contribution in [3.63, 3.8) is 0 Å². The molecule has 2 atom stereocenters. The van der Waals surface area contributed by atoms with Gasteiger partial charge in [0, 0.05) is 33.4 Å². The van der Waals surface area contributed by atoms with E-state index in [0.717, 1.165) is 19.6 Å². The highest BCUT2D eigenvalue weighted by Crippen LogP contribution is 2.04. The third-order valence-corrected chi connectivity index (χ3v) is 1.95. The number of hydrogen-bond acceptors (Lipinski definition) is 4. The van der Waals surface area contributed by atoms with Gasteiger partial charge in [0.2, 0.25) is 0 Å². The lowest BCUT2D eigenvalue weighted by Crippen LogP contribution is -2.27. The molecule has 0 spiro atoms. The number of aliphatic hydroxyl groups excluding tert-OH is 1. The van der Waals surface area contributed by atoms with Crippen LogP contribution in [0.15, 0.2) is 0 Å². The van der Waals surface area contributed by atoms with Gasteiger partial charge in [-0.25, -0.2) is 0 Å². The molecule has 2 N–H and O–H groups in total. The Morgan fingerprint density at radius 3 is 2.83 bits per heavy atom. The molecule has 4 nitrogen and oxygen atoms in total. The molecule has 0 aromatic carbocycles. The van der Waals surface area contributed by atoms with E-state index in [1.807, 2.05) is 0 Å². The molecule has 0 aromatic rings. The van der Waals surface area contributed by atoms with Crippen molar-refractivity contribution in [3.8, 4) is 0 Å². The molecule has 0 amide bonds. The van der Waals surface area contributed by atoms with E-state index in [2.05, 4.69) is 5.32 Å². The molecule has 1 aliphatic heterocycles. The van der Waals surface area contributed by atoms with Gasteiger partial charge < -0.3 is 19.9 Å². The third kappa shape index (κ3) is 3.06. The van der Waals surface area contributed by atoms with E-state index in [9.17, 15) is 5.11 Å². The number of methoxy groups -OCH3 is 1. The first kappa shape index (κ1) is 9.92. The molecule has 4 heteroatoms. The summed E-state index contributed by atoms with van der Waals surface area (Å²) in [6.07, 6.45) is 0.522. The summed E-state index contributed by atoms with van der Waals surface area (Å²) in [6, 6.07) is 0. The first-order valence-electron chi connectivity index (χ1n) is 4.34. The van der Waals surface area contributed by atoms with Crippen LogP contribution in [0.4, 0.5) is 0 Å². The molecule has 1 heterocycles. The predicted octanol–water partition coefficient (Wildman–Crippen LogP) is -0.628. The molecule has 0 unspecified atom stereocenters. The lowest BCUT2D eigenvalue weighted by atomic mass is 10.2. The predicted molar refractivity (Wildman–Crippen MR) is 45.1 cm³/mol. The number of rotatable bonds is 5. The van der Waals surface area contributed by atoms with Crippen molar-refractivity contribution in [3.05, 3.63) is 0 Å². The van der Waals surface area contributed by atoms with Crippen molar-refractivity contribution in [2.24, 2.45) is 0 Å². The van der Waals surface area contributed by atoms with Crippen LogP contribution in [-0.4, -0.2) is 50.7 Å². The topological polar surface area (TPSA) is 50.7 Å². The van der Waals surface area contributed by atoms with E-state index in [1.165, 1.54) is 0 Å². The Balaban J connectivity index is 1.98. The zero-order chi connectivity index (χ0) is 8.81. The van der Waals surface area contributed by atoms with Gasteiger partial charge in [0.1, 0.15) is 0 Å². The standard InChI is InChI=1S/C8H17NO3/c1-11-3-2-4-12-8-6-9-5-7(8)10/h7-10H,2-6H2,1H3/t7-,8+/m0/s1. The Hall–Kier alpha value is -0.160. The van der Waals surface area contributed by atoms with Gasteiger partial charge in [0.15, 0.2) is 0 Å². The van der Waals surface area contributed by atoms with Crippen molar-refractivity contribution in [2.45, 2.75) is 18.6 Å². The summed E-state index contributed by atoms with van der Waals surface area (Å²) in [7, 11) is 1.67. The fourth-order valence-corrected chi connectivity index (χ4v) is 1.25. The maximum absolute atomic E-state index is 9.33. The number of ether oxygens (including phenoxy) is 2. The van der Waals surface area contributed by atoms with Crippen molar-refractivity contribution < 1.29 is 14.6 Å². The summed E-state index contributed by atoms with van der Waals surface area (Å²) >= 11 is 0. The molecule has 0 bridgehead atoms. The summed E-state index contributed by atoms with van der Waals surface area (Å²) in [5.74, 6) is 0. The fourth-order valence-electron chi connectivity index (χ4n) is 1.25. The molecule has 1 saturated heterocycles. The van der Waals surface area contributed by atoms with Gasteiger partial charge in [-0.1, -0.05) is 0 Å². The van der Waals surface area contributed by atoms with Gasteiger partial charge in [0.05, 0.1) is 12.2 Å². The summed E-state index contributed by atoms with van der Waals surface area (Å²) in [4.78, 5) is 0. The highest BCUT2D eigenvalue weighted by atomic mass is 16.5. The van der Waals surface area contributed by atoms with E-state index in [0.29, 0.717) is 13.2 Å². The van der Waals surface area contributed by atoms with Gasteiger partial charge in [0.25, 0.3) is 0 Å². The van der Waals surface area contributed by atoms with E-state index in [4.69, 9.17) is 9.47 Å². The van der Waals surface area contributed by atoms with Crippen LogP contribution >= 0.6 is 0 Å². The van der Waals surface area contributed by atoms with E-state index in [-0.39, 0.29) is 12.2 Å². The van der Waals surface area contributed by atoms with Crippen LogP contribution in [-0.2, 0) is 9.47 Å². The van der Waals surface area contributed by atoms with Gasteiger partial charge in [-0.2, -0.15) is 0 Å². The van der Waals surface area contributed by atoms with Crippen molar-refractivity contribution in [1.29, 1.82) is 0 Å². The van der Waals surface area contributed by atoms with E-state index >= 15 is 0 Å². The number of hydrogen-bond donors (Lipinski definition) is 2. The Kier molecular flexibility index (Phi) is 4.53. The summed E-state index contributed by atoms with van der Waals surface area (Å²) in [6.45, 7) is 2.79. The number of β-amino-alcohol motifs (C(OH)–C–C–N with tert-alkyl or cyclic N) is 1. The highest BCUT2D eigenvalue weighted by Gasteiger charge is 2.24. The van der Waals surface area contributed by atoms with E-state index in [1.54, 1.807) is 7.11 Å². The molecule has 1 fully saturated rings. The first-order valence-corrected chi connectivity index (χ1v) is 4.34. The molecule has 1 aliphatic rings. The summed E-state index contributed by atoms with van der Waals surface area (Å²) < 4.78 is 10.3. The largest absolute Gasteiger partial charge is 0.389 e. The monoisotopic (exact) mass is 175 g/mol. The van der Waals surface area contributed by atoms with Gasteiger partial charge >= 0.3 is 0 Å². The number of nitrogens with one attached hydrogen (secondary N) is 1. The highest BCUT2D eigenvalue weighted by molar-refractivity contribution is 4.80. The zero-order valence-corrected chi connectivity index (χ0v) is 7.45. The smallest absolute Gasteiger partial charge is 0.0970 e. The summed E-state index contributed by atoms with van der Waals surface area (Å²) in [5, 5.41) is 12.4. The van der Waals surface area contributed by atoms with E-state index < -0.39 is 0 Å². The van der Waals surface area contributed by atoms with Crippen LogP contribution in [0.3, 0.4) is 0 Å². The SMILES string of the molecule is COCCCO[C@@H]1CNC[C@@H]1O. The quantitative estimate of drug-likeness (QED) is 0.546. The minimum Gasteiger partial charge on any atom is -0.389 e. The zero-order valence-electron chi connectivity index (χ0n) is 7.45. The van der Waals surface area contributed by atoms with Crippen LogP contribution in [0.5, 0.6) is 0 Å². The number of aliphatic hydroxyl groups is 1. The molecule has 0 saturated carbocycles. The Bertz CT molecular complexity index is 121. The molecule has 0 aliphatic carbocycles. The molecular formula is C8H17NO3. The van der Waals surface area contributed by atoms with Crippen LogP contribution < -0.4 is 5.32 Å². The maximum atomic E-state index is 9.33. The van der Waals surface area contributed by atoms with Crippen LogP contribution in [0.25, 0.3) is 0 Å². The van der Waals surface area contributed by atoms with Gasteiger partial charge in [-0.05, 0) is 6.42 Å². The molecule has 0 aromatic heterocycles. The third-order valence-electron chi connectivity index (χ3n) is 1.95. The Morgan fingerprint density at radius 2 is 2.25 bits per heavy atom. The Morgan fingerprint density at radius 1 is 1.42 bits per heavy atom. The Labute approximate surface area is 72.9 Å². The van der Waals surface area contributed by atoms with Crippen molar-refractivity contribution in [1.82, 2.24) is 5.32 Å². The average Bonchev–Trinajstić information content (AvgIpc) is 2.46. The van der Waals surface area contributed by atoms with Crippen molar-refractivity contribution >= 4 is 0 Å². The lowest BCUT2D eigenvalue weighted by Gasteiger charge is -2.13. The molecule has 12 heavy (non-hydrogen) atoms. The van der Waals surface area contributed by atoms with Crippen LogP contribution in [0.2, 0.25) is 0 Å². The first-order chi connectivity index (χ1) is 5.84. The minimum atomic E-state index is -0.340. The molecule has 1 rings (SSSR count). The second kappa shape index (κ2) is 5.48. The van der Waals surface area contributed by atoms with Gasteiger partial charge in [-0.3, -0.25) is 0 Å². The maximum Gasteiger partial charge on any atom is 0.0970 e. The van der Waals surface area contributed by atoms with Crippen molar-refractivity contribution in [2.75, 3.05) is 33.4 Å². The van der Waals surface area contributed by atoms with Crippen LogP contribution in [0, 0.1) is 0 Å². The normalized spacial score (nSPS) is 29.5. The van der Waals surface area contributed by atoms with Gasteiger partial charge in [-0.15, -0.1) is 0 Å². The second-order valence-corrected chi connectivity index (χ2v) is 2.98. The van der Waals surface area contributed by atoms with Crippen LogP contribution in [0.1, 0.15) is 6.42 Å². The fraction of sp³-hybridized carbons (Fsp3) is 1.00. The average molecular weight is 175 g/mol. The lowest BCUT2D eigenvalue weighted by molar-refractivity contribution is -0.0139. The second-order valence-electron chi connectivity index (χ2n) is 2.98. The minimum absolute atomic E-state index is 0.0261. The summed E-state index contributed by atoms with van der Waals surface area (Å²) in [5.41, 5.74) is 0.